The molecule has 1 heterocycles. The largest absolute Gasteiger partial charge is 0.494 e. The van der Waals surface area contributed by atoms with E-state index in [4.69, 9.17) is 4.74 Å². The second kappa shape index (κ2) is 4.63. The lowest BCUT2D eigenvalue weighted by Crippen LogP contribution is -2.31. The van der Waals surface area contributed by atoms with E-state index in [2.05, 4.69) is 0 Å². The summed E-state index contributed by atoms with van der Waals surface area (Å²) in [7, 11) is 0. The number of piperidine rings is 1. The van der Waals surface area contributed by atoms with Crippen LogP contribution in [0, 0.1) is 11.8 Å². The van der Waals surface area contributed by atoms with Crippen LogP contribution in [0.1, 0.15) is 18.9 Å². The van der Waals surface area contributed by atoms with E-state index in [9.17, 15) is 4.79 Å². The molecule has 1 aromatic rings. The zero-order valence-corrected chi connectivity index (χ0v) is 10.8. The third-order valence-corrected chi connectivity index (χ3v) is 3.92. The maximum absolute atomic E-state index is 12.1. The van der Waals surface area contributed by atoms with Crippen LogP contribution in [0.25, 0.3) is 0 Å². The topological polar surface area (TPSA) is 29.5 Å². The fourth-order valence-corrected chi connectivity index (χ4v) is 2.76. The van der Waals surface area contributed by atoms with Crippen molar-refractivity contribution in [1.29, 1.82) is 0 Å². The predicted molar refractivity (Wildman–Crippen MR) is 69.5 cm³/mol. The van der Waals surface area contributed by atoms with E-state index in [1.54, 1.807) is 0 Å². The molecule has 1 saturated heterocycles. The molecule has 18 heavy (non-hydrogen) atoms. The minimum Gasteiger partial charge on any atom is -0.494 e. The van der Waals surface area contributed by atoms with Crippen LogP contribution < -0.4 is 4.74 Å². The molecule has 3 nitrogen and oxygen atoms in total. The van der Waals surface area contributed by atoms with Crippen LogP contribution in [0.4, 0.5) is 0 Å². The molecule has 1 aliphatic heterocycles. The molecule has 2 atom stereocenters. The SMILES string of the molecule is CCOc1ccc(CC(=O)N2CC3CC3C2)cc1. The summed E-state index contributed by atoms with van der Waals surface area (Å²) < 4.78 is 5.39. The monoisotopic (exact) mass is 245 g/mol. The lowest BCUT2D eigenvalue weighted by atomic mass is 10.1. The second-order valence-electron chi connectivity index (χ2n) is 5.31. The van der Waals surface area contributed by atoms with E-state index in [0.29, 0.717) is 13.0 Å². The molecule has 96 valence electrons. The van der Waals surface area contributed by atoms with Crippen molar-refractivity contribution in [1.82, 2.24) is 4.90 Å². The summed E-state index contributed by atoms with van der Waals surface area (Å²) in [6.07, 6.45) is 1.86. The average molecular weight is 245 g/mol. The molecule has 0 N–H and O–H groups in total. The van der Waals surface area contributed by atoms with Crippen molar-refractivity contribution < 1.29 is 9.53 Å². The Morgan fingerprint density at radius 1 is 1.28 bits per heavy atom. The molecule has 2 fully saturated rings. The van der Waals surface area contributed by atoms with Gasteiger partial charge in [0.05, 0.1) is 13.0 Å². The highest BCUT2D eigenvalue weighted by molar-refractivity contribution is 5.79. The van der Waals surface area contributed by atoms with Gasteiger partial charge in [0.15, 0.2) is 0 Å². The molecule has 3 heteroatoms. The lowest BCUT2D eigenvalue weighted by molar-refractivity contribution is -0.129. The van der Waals surface area contributed by atoms with Gasteiger partial charge in [0.2, 0.25) is 5.91 Å². The number of carbonyl (C=O) groups excluding carboxylic acids is 1. The quantitative estimate of drug-likeness (QED) is 0.813. The minimum absolute atomic E-state index is 0.270. The van der Waals surface area contributed by atoms with Crippen LogP contribution in [0.15, 0.2) is 24.3 Å². The number of amides is 1. The normalized spacial score (nSPS) is 24.8. The van der Waals surface area contributed by atoms with Crippen LogP contribution in [-0.4, -0.2) is 30.5 Å². The minimum atomic E-state index is 0.270. The average Bonchev–Trinajstić information content (AvgIpc) is 2.99. The van der Waals surface area contributed by atoms with Crippen molar-refractivity contribution >= 4 is 5.91 Å². The van der Waals surface area contributed by atoms with Crippen molar-refractivity contribution in [2.75, 3.05) is 19.7 Å². The first kappa shape index (κ1) is 11.6. The molecule has 0 bridgehead atoms. The number of likely N-dealkylation sites (tertiary alicyclic amines) is 1. The van der Waals surface area contributed by atoms with Crippen molar-refractivity contribution in [2.24, 2.45) is 11.8 Å². The van der Waals surface area contributed by atoms with Crippen LogP contribution in [0.5, 0.6) is 5.75 Å². The molecule has 1 aliphatic carbocycles. The molecule has 1 saturated carbocycles. The van der Waals surface area contributed by atoms with Crippen molar-refractivity contribution in [3.8, 4) is 5.75 Å². The van der Waals surface area contributed by atoms with Crippen LogP contribution in [-0.2, 0) is 11.2 Å². The first-order chi connectivity index (χ1) is 8.76. The number of hydrogen-bond acceptors (Lipinski definition) is 2. The molecule has 3 rings (SSSR count). The van der Waals surface area contributed by atoms with Gasteiger partial charge in [-0.15, -0.1) is 0 Å². The van der Waals surface area contributed by atoms with E-state index >= 15 is 0 Å². The van der Waals surface area contributed by atoms with Crippen LogP contribution in [0.3, 0.4) is 0 Å². The third kappa shape index (κ3) is 2.35. The highest BCUT2D eigenvalue weighted by Crippen LogP contribution is 2.44. The number of benzene rings is 1. The molecule has 2 unspecified atom stereocenters. The van der Waals surface area contributed by atoms with Gasteiger partial charge in [0, 0.05) is 13.1 Å². The predicted octanol–water partition coefficient (Wildman–Crippen LogP) is 2.11. The van der Waals surface area contributed by atoms with E-state index in [1.807, 2.05) is 36.1 Å². The zero-order valence-electron chi connectivity index (χ0n) is 10.8. The van der Waals surface area contributed by atoms with Crippen molar-refractivity contribution in [3.63, 3.8) is 0 Å². The van der Waals surface area contributed by atoms with Gasteiger partial charge >= 0.3 is 0 Å². The van der Waals surface area contributed by atoms with E-state index in [-0.39, 0.29) is 5.91 Å². The third-order valence-electron chi connectivity index (χ3n) is 3.92. The Bertz CT molecular complexity index is 430. The van der Waals surface area contributed by atoms with Gasteiger partial charge in [0.1, 0.15) is 5.75 Å². The van der Waals surface area contributed by atoms with E-state index < -0.39 is 0 Å². The van der Waals surface area contributed by atoms with Gasteiger partial charge in [-0.1, -0.05) is 12.1 Å². The highest BCUT2D eigenvalue weighted by Gasteiger charge is 2.46. The Morgan fingerprint density at radius 2 is 1.94 bits per heavy atom. The Labute approximate surface area is 108 Å². The Kier molecular flexibility index (Phi) is 2.98. The molecule has 1 amide bonds. The number of ether oxygens (including phenoxy) is 1. The Hall–Kier alpha value is -1.51. The summed E-state index contributed by atoms with van der Waals surface area (Å²) in [6.45, 7) is 4.62. The fourth-order valence-electron chi connectivity index (χ4n) is 2.76. The fraction of sp³-hybridized carbons (Fsp3) is 0.533. The summed E-state index contributed by atoms with van der Waals surface area (Å²) >= 11 is 0. The Balaban J connectivity index is 1.56. The number of hydrogen-bond donors (Lipinski definition) is 0. The molecule has 0 radical (unpaired) electrons. The molecular weight excluding hydrogens is 226 g/mol. The lowest BCUT2D eigenvalue weighted by Gasteiger charge is -2.17. The van der Waals surface area contributed by atoms with Gasteiger partial charge in [0.25, 0.3) is 0 Å². The van der Waals surface area contributed by atoms with Gasteiger partial charge in [-0.2, -0.15) is 0 Å². The van der Waals surface area contributed by atoms with E-state index in [1.165, 1.54) is 6.42 Å². The number of nitrogens with zero attached hydrogens (tertiary/aromatic N) is 1. The molecule has 1 aromatic carbocycles. The van der Waals surface area contributed by atoms with Gasteiger partial charge in [-0.3, -0.25) is 4.79 Å². The Morgan fingerprint density at radius 3 is 2.56 bits per heavy atom. The number of rotatable bonds is 4. The van der Waals surface area contributed by atoms with Crippen LogP contribution in [0.2, 0.25) is 0 Å². The second-order valence-corrected chi connectivity index (χ2v) is 5.31. The summed E-state index contributed by atoms with van der Waals surface area (Å²) in [4.78, 5) is 14.1. The van der Waals surface area contributed by atoms with Gasteiger partial charge in [-0.05, 0) is 42.9 Å². The van der Waals surface area contributed by atoms with Crippen LogP contribution >= 0.6 is 0 Å². The van der Waals surface area contributed by atoms with Gasteiger partial charge in [-0.25, -0.2) is 0 Å². The summed E-state index contributed by atoms with van der Waals surface area (Å²) in [6, 6.07) is 7.85. The van der Waals surface area contributed by atoms with Crippen molar-refractivity contribution in [2.45, 2.75) is 19.8 Å². The van der Waals surface area contributed by atoms with Crippen molar-refractivity contribution in [3.05, 3.63) is 29.8 Å². The van der Waals surface area contributed by atoms with E-state index in [0.717, 1.165) is 36.2 Å². The van der Waals surface area contributed by atoms with Gasteiger partial charge < -0.3 is 9.64 Å². The summed E-state index contributed by atoms with van der Waals surface area (Å²) in [5.41, 5.74) is 1.07. The standard InChI is InChI=1S/C15H19NO2/c1-2-18-14-5-3-11(4-6-14)7-15(17)16-9-12-8-13(12)10-16/h3-6,12-13H,2,7-10H2,1H3. The molecule has 0 aromatic heterocycles. The summed E-state index contributed by atoms with van der Waals surface area (Å²) in [5, 5.41) is 0. The molecular formula is C15H19NO2. The number of carbonyl (C=O) groups is 1. The smallest absolute Gasteiger partial charge is 0.227 e. The first-order valence-electron chi connectivity index (χ1n) is 6.75. The molecule has 0 spiro atoms. The highest BCUT2D eigenvalue weighted by atomic mass is 16.5. The maximum atomic E-state index is 12.1. The number of fused-ring (bicyclic) bond motifs is 1. The molecule has 2 aliphatic rings. The first-order valence-corrected chi connectivity index (χ1v) is 6.75. The maximum Gasteiger partial charge on any atom is 0.227 e. The summed E-state index contributed by atoms with van der Waals surface area (Å²) in [5.74, 6) is 2.77. The zero-order chi connectivity index (χ0) is 12.5.